The van der Waals surface area contributed by atoms with Crippen LogP contribution in [0.1, 0.15) is 18.1 Å². The molecule has 0 aliphatic heterocycles. The van der Waals surface area contributed by atoms with Crippen molar-refractivity contribution in [3.63, 3.8) is 0 Å². The van der Waals surface area contributed by atoms with Crippen LogP contribution in [0.3, 0.4) is 0 Å². The van der Waals surface area contributed by atoms with Gasteiger partial charge < -0.3 is 14.8 Å². The molecule has 0 fully saturated rings. The summed E-state index contributed by atoms with van der Waals surface area (Å²) in [5.74, 6) is -0.994. The summed E-state index contributed by atoms with van der Waals surface area (Å²) >= 11 is 0. The number of hydrogen-bond donors (Lipinski definition) is 1. The largest absolute Gasteiger partial charge is 0.482 e. The maximum atomic E-state index is 12.8. The van der Waals surface area contributed by atoms with E-state index in [-0.39, 0.29) is 6.61 Å². The lowest BCUT2D eigenvalue weighted by Gasteiger charge is -2.14. The number of amides is 1. The van der Waals surface area contributed by atoms with E-state index in [4.69, 9.17) is 9.47 Å². The second-order valence-corrected chi connectivity index (χ2v) is 5.74. The molecule has 0 aliphatic carbocycles. The molecular weight excluding hydrogens is 325 g/mol. The molecule has 2 aromatic rings. The molecule has 6 heteroatoms. The lowest BCUT2D eigenvalue weighted by atomic mass is 10.1. The van der Waals surface area contributed by atoms with Crippen LogP contribution in [0.5, 0.6) is 5.75 Å². The molecule has 0 bridgehead atoms. The summed E-state index contributed by atoms with van der Waals surface area (Å²) < 4.78 is 23.3. The Hall–Kier alpha value is -2.89. The minimum absolute atomic E-state index is 0.295. The predicted octanol–water partition coefficient (Wildman–Crippen LogP) is 3.39. The summed E-state index contributed by atoms with van der Waals surface area (Å²) in [7, 11) is 0. The van der Waals surface area contributed by atoms with E-state index in [9.17, 15) is 14.0 Å². The maximum Gasteiger partial charge on any atom is 0.344 e. The smallest absolute Gasteiger partial charge is 0.344 e. The van der Waals surface area contributed by atoms with Gasteiger partial charge in [0.25, 0.3) is 5.91 Å². The van der Waals surface area contributed by atoms with Crippen molar-refractivity contribution < 1.29 is 23.5 Å². The van der Waals surface area contributed by atoms with Crippen molar-refractivity contribution in [1.82, 2.24) is 0 Å². The molecule has 0 spiro atoms. The van der Waals surface area contributed by atoms with Gasteiger partial charge in [0.2, 0.25) is 0 Å². The van der Waals surface area contributed by atoms with Gasteiger partial charge in [0.15, 0.2) is 12.7 Å². The van der Waals surface area contributed by atoms with Crippen LogP contribution in [0, 0.1) is 19.7 Å². The van der Waals surface area contributed by atoms with Crippen LogP contribution in [0.2, 0.25) is 0 Å². The summed E-state index contributed by atoms with van der Waals surface area (Å²) in [6.07, 6.45) is -1.000. The van der Waals surface area contributed by atoms with Crippen molar-refractivity contribution in [3.8, 4) is 5.75 Å². The molecule has 0 saturated heterocycles. The van der Waals surface area contributed by atoms with E-state index < -0.39 is 23.8 Å². The second kappa shape index (κ2) is 8.28. The lowest BCUT2D eigenvalue weighted by Crippen LogP contribution is -2.31. The van der Waals surface area contributed by atoms with Crippen molar-refractivity contribution in [3.05, 3.63) is 59.4 Å². The quantitative estimate of drug-likeness (QED) is 0.815. The topological polar surface area (TPSA) is 64.6 Å². The molecule has 0 unspecified atom stereocenters. The number of anilines is 1. The average molecular weight is 345 g/mol. The Bertz CT molecular complexity index is 738. The summed E-state index contributed by atoms with van der Waals surface area (Å²) in [5.41, 5.74) is 2.46. The Balaban J connectivity index is 1.82. The van der Waals surface area contributed by atoms with E-state index in [1.165, 1.54) is 31.2 Å². The Morgan fingerprint density at radius 1 is 1.08 bits per heavy atom. The molecule has 1 atom stereocenters. The van der Waals surface area contributed by atoms with Gasteiger partial charge in [0.1, 0.15) is 11.6 Å². The third-order valence-electron chi connectivity index (χ3n) is 3.34. The first-order valence-electron chi connectivity index (χ1n) is 7.80. The molecule has 0 heterocycles. The SMILES string of the molecule is Cc1cc(C)cc(OCC(=O)O[C@H](C)C(=O)Nc2ccc(F)cc2)c1. The summed E-state index contributed by atoms with van der Waals surface area (Å²) in [5, 5.41) is 2.54. The first kappa shape index (κ1) is 18.4. The third kappa shape index (κ3) is 5.91. The van der Waals surface area contributed by atoms with Crippen molar-refractivity contribution in [2.24, 2.45) is 0 Å². The fraction of sp³-hybridized carbons (Fsp3) is 0.263. The van der Waals surface area contributed by atoms with Gasteiger partial charge >= 0.3 is 5.97 Å². The Kier molecular flexibility index (Phi) is 6.11. The minimum Gasteiger partial charge on any atom is -0.482 e. The molecule has 2 rings (SSSR count). The minimum atomic E-state index is -1.000. The third-order valence-corrected chi connectivity index (χ3v) is 3.34. The van der Waals surface area contributed by atoms with Crippen molar-refractivity contribution in [2.75, 3.05) is 11.9 Å². The number of aryl methyl sites for hydroxylation is 2. The number of carbonyl (C=O) groups is 2. The number of hydrogen-bond acceptors (Lipinski definition) is 4. The molecule has 0 aromatic heterocycles. The Labute approximate surface area is 145 Å². The van der Waals surface area contributed by atoms with Crippen LogP contribution in [-0.2, 0) is 14.3 Å². The average Bonchev–Trinajstić information content (AvgIpc) is 2.54. The van der Waals surface area contributed by atoms with Gasteiger partial charge in [-0.1, -0.05) is 6.07 Å². The first-order valence-corrected chi connectivity index (χ1v) is 7.80. The van der Waals surface area contributed by atoms with E-state index in [2.05, 4.69) is 5.32 Å². The number of halogens is 1. The van der Waals surface area contributed by atoms with E-state index >= 15 is 0 Å². The zero-order valence-corrected chi connectivity index (χ0v) is 14.3. The highest BCUT2D eigenvalue weighted by Crippen LogP contribution is 2.16. The number of benzene rings is 2. The molecule has 0 radical (unpaired) electrons. The van der Waals surface area contributed by atoms with E-state index in [0.717, 1.165) is 11.1 Å². The van der Waals surface area contributed by atoms with Crippen molar-refractivity contribution >= 4 is 17.6 Å². The maximum absolute atomic E-state index is 12.8. The van der Waals surface area contributed by atoms with Crippen LogP contribution < -0.4 is 10.1 Å². The molecule has 2 aromatic carbocycles. The molecule has 1 N–H and O–H groups in total. The van der Waals surface area contributed by atoms with Crippen LogP contribution in [0.15, 0.2) is 42.5 Å². The van der Waals surface area contributed by atoms with Gasteiger partial charge in [-0.15, -0.1) is 0 Å². The van der Waals surface area contributed by atoms with E-state index in [1.54, 1.807) is 0 Å². The molecule has 25 heavy (non-hydrogen) atoms. The lowest BCUT2D eigenvalue weighted by molar-refractivity contribution is -0.155. The fourth-order valence-electron chi connectivity index (χ4n) is 2.22. The predicted molar refractivity (Wildman–Crippen MR) is 92.0 cm³/mol. The highest BCUT2D eigenvalue weighted by atomic mass is 19.1. The molecule has 132 valence electrons. The van der Waals surface area contributed by atoms with Gasteiger partial charge in [0, 0.05) is 5.69 Å². The fourth-order valence-corrected chi connectivity index (χ4v) is 2.22. The highest BCUT2D eigenvalue weighted by molar-refractivity contribution is 5.95. The van der Waals surface area contributed by atoms with Gasteiger partial charge in [-0.05, 0) is 68.3 Å². The van der Waals surface area contributed by atoms with Gasteiger partial charge in [-0.25, -0.2) is 9.18 Å². The normalized spacial score (nSPS) is 11.5. The number of ether oxygens (including phenoxy) is 2. The van der Waals surface area contributed by atoms with E-state index in [1.807, 2.05) is 32.0 Å². The molecule has 5 nitrogen and oxygen atoms in total. The Morgan fingerprint density at radius 3 is 2.28 bits per heavy atom. The van der Waals surface area contributed by atoms with Crippen LogP contribution >= 0.6 is 0 Å². The highest BCUT2D eigenvalue weighted by Gasteiger charge is 2.18. The molecular formula is C19H20FNO4. The summed E-state index contributed by atoms with van der Waals surface area (Å²) in [4.78, 5) is 23.8. The zero-order valence-electron chi connectivity index (χ0n) is 14.3. The number of nitrogens with one attached hydrogen (secondary N) is 1. The monoisotopic (exact) mass is 345 g/mol. The van der Waals surface area contributed by atoms with Gasteiger partial charge in [-0.3, -0.25) is 4.79 Å². The Morgan fingerprint density at radius 2 is 1.68 bits per heavy atom. The number of carbonyl (C=O) groups excluding carboxylic acids is 2. The number of esters is 1. The first-order chi connectivity index (χ1) is 11.8. The second-order valence-electron chi connectivity index (χ2n) is 5.74. The van der Waals surface area contributed by atoms with Crippen LogP contribution in [-0.4, -0.2) is 24.6 Å². The molecule has 0 saturated carbocycles. The van der Waals surface area contributed by atoms with Crippen LogP contribution in [0.25, 0.3) is 0 Å². The summed E-state index contributed by atoms with van der Waals surface area (Å²) in [6.45, 7) is 5.02. The molecule has 1 amide bonds. The van der Waals surface area contributed by atoms with Gasteiger partial charge in [0.05, 0.1) is 0 Å². The van der Waals surface area contributed by atoms with Crippen LogP contribution in [0.4, 0.5) is 10.1 Å². The van der Waals surface area contributed by atoms with E-state index in [0.29, 0.717) is 11.4 Å². The van der Waals surface area contributed by atoms with Crippen molar-refractivity contribution in [1.29, 1.82) is 0 Å². The standard InChI is InChI=1S/C19H20FNO4/c1-12-8-13(2)10-17(9-12)24-11-18(22)25-14(3)19(23)21-16-6-4-15(20)5-7-16/h4-10,14H,11H2,1-3H3,(H,21,23)/t14-/m1/s1. The van der Waals surface area contributed by atoms with Crippen molar-refractivity contribution in [2.45, 2.75) is 26.9 Å². The number of rotatable bonds is 6. The zero-order chi connectivity index (χ0) is 18.4. The summed E-state index contributed by atoms with van der Waals surface area (Å²) in [6, 6.07) is 10.9. The molecule has 0 aliphatic rings. The van der Waals surface area contributed by atoms with Gasteiger partial charge in [-0.2, -0.15) is 0 Å².